The first-order valence-corrected chi connectivity index (χ1v) is 11.5. The molecule has 0 saturated carbocycles. The predicted molar refractivity (Wildman–Crippen MR) is 136 cm³/mol. The Labute approximate surface area is 220 Å². The van der Waals surface area contributed by atoms with E-state index >= 15 is 0 Å². The number of anilines is 1. The molecule has 184 valence electrons. The molecule has 2 N–H and O–H groups in total. The van der Waals surface area contributed by atoms with Crippen molar-refractivity contribution in [2.75, 3.05) is 12.0 Å². The van der Waals surface area contributed by atoms with Gasteiger partial charge in [-0.1, -0.05) is 40.9 Å². The first-order valence-electron chi connectivity index (χ1n) is 10.3. The lowest BCUT2D eigenvalue weighted by Gasteiger charge is -2.26. The number of phenols is 1. The van der Waals surface area contributed by atoms with Crippen molar-refractivity contribution < 1.29 is 29.0 Å². The molecule has 1 aliphatic rings. The molecular weight excluding hydrogens is 531 g/mol. The van der Waals surface area contributed by atoms with Crippen LogP contribution in [0.3, 0.4) is 0 Å². The van der Waals surface area contributed by atoms with Gasteiger partial charge in [0.15, 0.2) is 11.5 Å². The minimum Gasteiger partial charge on any atom is -0.503 e. The molecule has 1 fully saturated rings. The predicted octanol–water partition coefficient (Wildman–Crippen LogP) is 5.61. The smallest absolute Gasteiger partial charge is 0.335 e. The summed E-state index contributed by atoms with van der Waals surface area (Å²) in [6.45, 7) is 0.179. The van der Waals surface area contributed by atoms with E-state index in [0.717, 1.165) is 10.5 Å². The van der Waals surface area contributed by atoms with Crippen LogP contribution in [0.4, 0.5) is 10.5 Å². The van der Waals surface area contributed by atoms with Gasteiger partial charge in [-0.05, 0) is 60.2 Å². The van der Waals surface area contributed by atoms with Crippen molar-refractivity contribution >= 4 is 64.4 Å². The number of phenolic OH excluding ortho intramolecular Hbond substituents is 1. The van der Waals surface area contributed by atoms with Crippen molar-refractivity contribution in [3.8, 4) is 17.2 Å². The summed E-state index contributed by atoms with van der Waals surface area (Å²) in [7, 11) is 1.33. The van der Waals surface area contributed by atoms with E-state index < -0.39 is 17.8 Å². The summed E-state index contributed by atoms with van der Waals surface area (Å²) in [6, 6.07) is 13.1. The Morgan fingerprint density at radius 1 is 0.972 bits per heavy atom. The van der Waals surface area contributed by atoms with Gasteiger partial charge < -0.3 is 14.6 Å². The van der Waals surface area contributed by atoms with E-state index in [4.69, 9.17) is 44.3 Å². The van der Waals surface area contributed by atoms with Gasteiger partial charge in [-0.25, -0.2) is 9.69 Å². The van der Waals surface area contributed by atoms with Crippen LogP contribution in [-0.2, 0) is 16.2 Å². The van der Waals surface area contributed by atoms with E-state index in [9.17, 15) is 19.5 Å². The number of methoxy groups -OCH3 is 1. The normalized spacial score (nSPS) is 14.7. The van der Waals surface area contributed by atoms with Gasteiger partial charge >= 0.3 is 6.03 Å². The largest absolute Gasteiger partial charge is 0.503 e. The van der Waals surface area contributed by atoms with Gasteiger partial charge in [0.1, 0.15) is 17.9 Å². The number of nitrogens with zero attached hydrogens (tertiary/aromatic N) is 1. The Bertz CT molecular complexity index is 1410. The zero-order valence-electron chi connectivity index (χ0n) is 18.6. The van der Waals surface area contributed by atoms with Crippen molar-refractivity contribution in [1.29, 1.82) is 0 Å². The first kappa shape index (κ1) is 25.4. The second-order valence-corrected chi connectivity index (χ2v) is 8.78. The van der Waals surface area contributed by atoms with Crippen molar-refractivity contribution in [1.82, 2.24) is 5.32 Å². The zero-order valence-corrected chi connectivity index (χ0v) is 20.8. The Morgan fingerprint density at radius 3 is 2.36 bits per heavy atom. The van der Waals surface area contributed by atoms with Gasteiger partial charge in [-0.15, -0.1) is 0 Å². The van der Waals surface area contributed by atoms with Gasteiger partial charge in [0.2, 0.25) is 0 Å². The van der Waals surface area contributed by atoms with E-state index in [1.54, 1.807) is 30.3 Å². The maximum Gasteiger partial charge on any atom is 0.335 e. The number of halogens is 3. The minimum atomic E-state index is -0.898. The van der Waals surface area contributed by atoms with Crippen LogP contribution in [0, 0.1) is 0 Å². The van der Waals surface area contributed by atoms with Crippen LogP contribution in [0.1, 0.15) is 11.1 Å². The van der Waals surface area contributed by atoms with E-state index in [0.29, 0.717) is 21.4 Å². The molecule has 1 aliphatic heterocycles. The van der Waals surface area contributed by atoms with Crippen molar-refractivity contribution in [3.05, 3.63) is 86.4 Å². The topological polar surface area (TPSA) is 105 Å². The standard InChI is InChI=1S/C25H17Cl3N2O6/c1-35-21-10-13(9-20(28)22(21)31)8-18-23(32)29-25(34)30(24(18)33)16-4-6-17(7-5-16)36-12-14-2-3-15(26)11-19(14)27/h2-11,31H,12H2,1H3,(H,29,32,34)/b18-8+. The Hall–Kier alpha value is -3.72. The van der Waals surface area contributed by atoms with Gasteiger partial charge in [0.25, 0.3) is 11.8 Å². The highest BCUT2D eigenvalue weighted by molar-refractivity contribution is 6.39. The molecule has 0 radical (unpaired) electrons. The number of rotatable bonds is 6. The Balaban J connectivity index is 1.56. The van der Waals surface area contributed by atoms with Crippen LogP contribution in [0.25, 0.3) is 6.08 Å². The number of carbonyl (C=O) groups excluding carboxylic acids is 3. The van der Waals surface area contributed by atoms with E-state index in [1.807, 2.05) is 0 Å². The third-order valence-electron chi connectivity index (χ3n) is 5.19. The molecule has 0 aliphatic carbocycles. The lowest BCUT2D eigenvalue weighted by atomic mass is 10.1. The van der Waals surface area contributed by atoms with Crippen molar-refractivity contribution in [2.24, 2.45) is 0 Å². The maximum atomic E-state index is 13.1. The Kier molecular flexibility index (Phi) is 7.40. The first-order chi connectivity index (χ1) is 17.2. The summed E-state index contributed by atoms with van der Waals surface area (Å²) in [4.78, 5) is 38.9. The Morgan fingerprint density at radius 2 is 1.69 bits per heavy atom. The van der Waals surface area contributed by atoms with E-state index in [1.165, 1.54) is 37.5 Å². The number of benzene rings is 3. The van der Waals surface area contributed by atoms with Crippen LogP contribution >= 0.6 is 34.8 Å². The molecule has 0 atom stereocenters. The molecule has 3 aromatic carbocycles. The molecule has 0 aromatic heterocycles. The van der Waals surface area contributed by atoms with Crippen molar-refractivity contribution in [2.45, 2.75) is 6.61 Å². The zero-order chi connectivity index (χ0) is 26.0. The summed E-state index contributed by atoms with van der Waals surface area (Å²) < 4.78 is 10.8. The van der Waals surface area contributed by atoms with E-state index in [-0.39, 0.29) is 34.4 Å². The second-order valence-electron chi connectivity index (χ2n) is 7.53. The quantitative estimate of drug-likeness (QED) is 0.307. The molecule has 0 unspecified atom stereocenters. The van der Waals surface area contributed by atoms with Crippen LogP contribution in [0.5, 0.6) is 17.2 Å². The fraction of sp³-hybridized carbons (Fsp3) is 0.0800. The van der Waals surface area contributed by atoms with Gasteiger partial charge in [-0.2, -0.15) is 0 Å². The average Bonchev–Trinajstić information content (AvgIpc) is 2.84. The van der Waals surface area contributed by atoms with Crippen LogP contribution in [-0.4, -0.2) is 30.1 Å². The molecule has 0 bridgehead atoms. The van der Waals surface area contributed by atoms with Crippen molar-refractivity contribution in [3.63, 3.8) is 0 Å². The van der Waals surface area contributed by atoms with Crippen LogP contribution in [0.2, 0.25) is 15.1 Å². The number of nitrogens with one attached hydrogen (secondary N) is 1. The van der Waals surface area contributed by atoms with Crippen LogP contribution in [0.15, 0.2) is 60.2 Å². The molecule has 0 spiro atoms. The number of carbonyl (C=O) groups is 3. The number of barbiturate groups is 1. The number of imide groups is 2. The molecule has 8 nitrogen and oxygen atoms in total. The molecule has 1 saturated heterocycles. The number of urea groups is 1. The number of hydrogen-bond donors (Lipinski definition) is 2. The van der Waals surface area contributed by atoms with Gasteiger partial charge in [-0.3, -0.25) is 14.9 Å². The molecule has 3 aromatic rings. The lowest BCUT2D eigenvalue weighted by molar-refractivity contribution is -0.122. The SMILES string of the molecule is COc1cc(/C=C2\C(=O)NC(=O)N(c3ccc(OCc4ccc(Cl)cc4Cl)cc3)C2=O)cc(Cl)c1O. The molecule has 1 heterocycles. The molecule has 11 heteroatoms. The summed E-state index contributed by atoms with van der Waals surface area (Å²) in [5.74, 6) is -1.47. The number of ether oxygens (including phenoxy) is 2. The maximum absolute atomic E-state index is 13.1. The van der Waals surface area contributed by atoms with E-state index in [2.05, 4.69) is 5.32 Å². The summed E-state index contributed by atoms with van der Waals surface area (Å²) in [5, 5.41) is 13.0. The number of amides is 4. The highest BCUT2D eigenvalue weighted by Gasteiger charge is 2.36. The van der Waals surface area contributed by atoms with Crippen LogP contribution < -0.4 is 19.7 Å². The highest BCUT2D eigenvalue weighted by Crippen LogP contribution is 2.36. The monoisotopic (exact) mass is 546 g/mol. The molecule has 36 heavy (non-hydrogen) atoms. The molecule has 4 amide bonds. The van der Waals surface area contributed by atoms with Gasteiger partial charge in [0.05, 0.1) is 17.8 Å². The third kappa shape index (κ3) is 5.26. The summed E-state index contributed by atoms with van der Waals surface area (Å²) >= 11 is 18.1. The average molecular weight is 548 g/mol. The molecule has 4 rings (SSSR count). The third-order valence-corrected chi connectivity index (χ3v) is 6.06. The fourth-order valence-corrected chi connectivity index (χ4v) is 4.06. The number of aromatic hydroxyl groups is 1. The number of hydrogen-bond acceptors (Lipinski definition) is 6. The van der Waals surface area contributed by atoms with Gasteiger partial charge in [0, 0.05) is 15.6 Å². The minimum absolute atomic E-state index is 0.0340. The molecular formula is C25H17Cl3N2O6. The summed E-state index contributed by atoms with van der Waals surface area (Å²) in [5.41, 5.74) is 0.951. The fourth-order valence-electron chi connectivity index (χ4n) is 3.38. The second kappa shape index (κ2) is 10.5. The highest BCUT2D eigenvalue weighted by atomic mass is 35.5. The summed E-state index contributed by atoms with van der Waals surface area (Å²) in [6.07, 6.45) is 1.25. The lowest BCUT2D eigenvalue weighted by Crippen LogP contribution is -2.54.